The number of aliphatic hydroxyl groups excluding tert-OH is 2. The van der Waals surface area contributed by atoms with Crippen LogP contribution in [0, 0.1) is 17.3 Å². The van der Waals surface area contributed by atoms with Gasteiger partial charge in [0, 0.05) is 11.7 Å². The lowest BCUT2D eigenvalue weighted by Gasteiger charge is -2.44. The number of thioether (sulfide) groups is 1. The van der Waals surface area contributed by atoms with E-state index in [1.54, 1.807) is 5.57 Å². The third kappa shape index (κ3) is 5.56. The standard InChI is InChI=1S/C28H46O3S/c1-6-28(31,7-2)15-16-32-20(4)24-12-13-25-21(9-8-14-27(24,25)5)10-11-22-17-23(29)18-26(30)19(22)3/h10-11,20,23-26,29-31H,3,6-9,12-18H2,1-2,4-5H3/b21-10+,22-11-/t20-,23-,24-,25+,26+,27-/m1/s1. The lowest BCUT2D eigenvalue weighted by Crippen LogP contribution is -2.37. The molecule has 3 aliphatic rings. The summed E-state index contributed by atoms with van der Waals surface area (Å²) in [6, 6.07) is 0. The fraction of sp³-hybridized carbons (Fsp3) is 0.786. The number of hydrogen-bond donors (Lipinski definition) is 3. The van der Waals surface area contributed by atoms with E-state index in [0.29, 0.717) is 29.4 Å². The van der Waals surface area contributed by atoms with Crippen molar-refractivity contribution in [3.8, 4) is 0 Å². The summed E-state index contributed by atoms with van der Waals surface area (Å²) in [4.78, 5) is 0. The van der Waals surface area contributed by atoms with Gasteiger partial charge in [0.2, 0.25) is 0 Å². The first kappa shape index (κ1) is 26.1. The first-order valence-electron chi connectivity index (χ1n) is 12.9. The van der Waals surface area contributed by atoms with E-state index in [1.165, 1.54) is 25.7 Å². The zero-order valence-electron chi connectivity index (χ0n) is 20.8. The fourth-order valence-electron chi connectivity index (χ4n) is 6.67. The van der Waals surface area contributed by atoms with Gasteiger partial charge in [0.15, 0.2) is 0 Å². The third-order valence-corrected chi connectivity index (χ3v) is 10.4. The van der Waals surface area contributed by atoms with Gasteiger partial charge in [0.05, 0.1) is 17.8 Å². The van der Waals surface area contributed by atoms with Crippen molar-refractivity contribution in [2.24, 2.45) is 17.3 Å². The van der Waals surface area contributed by atoms with E-state index >= 15 is 0 Å². The van der Waals surface area contributed by atoms with Gasteiger partial charge in [0.25, 0.3) is 0 Å². The molecule has 3 aliphatic carbocycles. The molecule has 0 aromatic rings. The summed E-state index contributed by atoms with van der Waals surface area (Å²) >= 11 is 2.07. The van der Waals surface area contributed by atoms with Crippen LogP contribution in [-0.2, 0) is 0 Å². The SMILES string of the molecule is C=C1/C(=C\C=C2/CCC[C@]3(C)[C@@H]([C@@H](C)SCCC(O)(CC)CC)CC[C@@H]23)C[C@@H](O)C[C@@H]1O. The molecule has 0 aromatic heterocycles. The molecule has 3 nitrogen and oxygen atoms in total. The summed E-state index contributed by atoms with van der Waals surface area (Å²) in [6.45, 7) is 13.2. The predicted molar refractivity (Wildman–Crippen MR) is 137 cm³/mol. The molecule has 0 saturated heterocycles. The molecular weight excluding hydrogens is 416 g/mol. The average Bonchev–Trinajstić information content (AvgIpc) is 3.12. The van der Waals surface area contributed by atoms with Gasteiger partial charge >= 0.3 is 0 Å². The van der Waals surface area contributed by atoms with E-state index in [4.69, 9.17) is 0 Å². The Morgan fingerprint density at radius 3 is 2.62 bits per heavy atom. The Kier molecular flexibility index (Phi) is 8.80. The van der Waals surface area contributed by atoms with Crippen LogP contribution in [0.15, 0.2) is 35.5 Å². The molecule has 0 aliphatic heterocycles. The van der Waals surface area contributed by atoms with Crippen LogP contribution in [0.3, 0.4) is 0 Å². The van der Waals surface area contributed by atoms with Crippen molar-refractivity contribution < 1.29 is 15.3 Å². The fourth-order valence-corrected chi connectivity index (χ4v) is 8.22. The third-order valence-electron chi connectivity index (χ3n) is 9.13. The molecule has 4 heteroatoms. The molecule has 0 bridgehead atoms. The van der Waals surface area contributed by atoms with Crippen LogP contribution in [-0.4, -0.2) is 44.1 Å². The van der Waals surface area contributed by atoms with Crippen LogP contribution in [0.25, 0.3) is 0 Å². The van der Waals surface area contributed by atoms with Crippen LogP contribution in [0.5, 0.6) is 0 Å². The molecule has 0 radical (unpaired) electrons. The van der Waals surface area contributed by atoms with E-state index in [1.807, 2.05) is 0 Å². The Morgan fingerprint density at radius 1 is 1.22 bits per heavy atom. The van der Waals surface area contributed by atoms with Crippen molar-refractivity contribution in [1.82, 2.24) is 0 Å². The Hall–Kier alpha value is -0.550. The maximum absolute atomic E-state index is 10.6. The Labute approximate surface area is 200 Å². The lowest BCUT2D eigenvalue weighted by molar-refractivity contribution is 0.0296. The van der Waals surface area contributed by atoms with E-state index in [9.17, 15) is 15.3 Å². The van der Waals surface area contributed by atoms with E-state index < -0.39 is 17.8 Å². The smallest absolute Gasteiger partial charge is 0.0811 e. The first-order chi connectivity index (χ1) is 15.1. The highest BCUT2D eigenvalue weighted by molar-refractivity contribution is 7.99. The monoisotopic (exact) mass is 462 g/mol. The molecule has 0 heterocycles. The molecule has 0 unspecified atom stereocenters. The summed E-state index contributed by atoms with van der Waals surface area (Å²) in [5.41, 5.74) is 3.20. The van der Waals surface area contributed by atoms with Crippen LogP contribution in [0.4, 0.5) is 0 Å². The second-order valence-corrected chi connectivity index (χ2v) is 12.4. The van der Waals surface area contributed by atoms with Crippen molar-refractivity contribution >= 4 is 11.8 Å². The summed E-state index contributed by atoms with van der Waals surface area (Å²) in [7, 11) is 0. The Bertz CT molecular complexity index is 722. The molecule has 6 atom stereocenters. The van der Waals surface area contributed by atoms with E-state index in [-0.39, 0.29) is 0 Å². The van der Waals surface area contributed by atoms with Crippen molar-refractivity contribution in [2.75, 3.05) is 5.75 Å². The molecule has 32 heavy (non-hydrogen) atoms. The molecule has 0 aromatic carbocycles. The van der Waals surface area contributed by atoms with Gasteiger partial charge < -0.3 is 15.3 Å². The van der Waals surface area contributed by atoms with Crippen LogP contribution in [0.2, 0.25) is 0 Å². The van der Waals surface area contributed by atoms with Gasteiger partial charge in [-0.25, -0.2) is 0 Å². The zero-order chi connectivity index (χ0) is 23.5. The van der Waals surface area contributed by atoms with Crippen LogP contribution in [0.1, 0.15) is 91.9 Å². The van der Waals surface area contributed by atoms with Crippen molar-refractivity contribution in [2.45, 2.75) is 115 Å². The zero-order valence-corrected chi connectivity index (χ0v) is 21.6. The van der Waals surface area contributed by atoms with Gasteiger partial charge in [0.1, 0.15) is 0 Å². The molecule has 182 valence electrons. The Morgan fingerprint density at radius 2 is 1.94 bits per heavy atom. The highest BCUT2D eigenvalue weighted by atomic mass is 32.2. The van der Waals surface area contributed by atoms with Gasteiger partial charge in [-0.05, 0) is 91.9 Å². The molecule has 0 spiro atoms. The Balaban J connectivity index is 1.67. The maximum atomic E-state index is 10.6. The average molecular weight is 463 g/mol. The normalized spacial score (nSPS) is 37.2. The topological polar surface area (TPSA) is 60.7 Å². The van der Waals surface area contributed by atoms with Crippen molar-refractivity contribution in [3.05, 3.63) is 35.5 Å². The summed E-state index contributed by atoms with van der Waals surface area (Å²) in [5.74, 6) is 2.40. The van der Waals surface area contributed by atoms with Crippen molar-refractivity contribution in [1.29, 1.82) is 0 Å². The molecule has 0 amide bonds. The predicted octanol–water partition coefficient (Wildman–Crippen LogP) is 6.19. The first-order valence-corrected chi connectivity index (χ1v) is 14.0. The van der Waals surface area contributed by atoms with Gasteiger partial charge in [-0.1, -0.05) is 52.0 Å². The van der Waals surface area contributed by atoms with E-state index in [0.717, 1.165) is 48.5 Å². The molecule has 3 fully saturated rings. The quantitative estimate of drug-likeness (QED) is 0.402. The summed E-state index contributed by atoms with van der Waals surface area (Å²) in [5, 5.41) is 31.5. The molecule has 3 saturated carbocycles. The second kappa shape index (κ2) is 10.8. The largest absolute Gasteiger partial charge is 0.393 e. The molecular formula is C28H46O3S. The van der Waals surface area contributed by atoms with Crippen LogP contribution >= 0.6 is 11.8 Å². The van der Waals surface area contributed by atoms with Gasteiger partial charge in [-0.15, -0.1) is 0 Å². The van der Waals surface area contributed by atoms with Gasteiger partial charge in [-0.2, -0.15) is 11.8 Å². The minimum atomic E-state index is -0.619. The summed E-state index contributed by atoms with van der Waals surface area (Å²) < 4.78 is 0. The van der Waals surface area contributed by atoms with E-state index in [2.05, 4.69) is 58.2 Å². The number of fused-ring (bicyclic) bond motifs is 1. The second-order valence-electron chi connectivity index (χ2n) is 10.9. The maximum Gasteiger partial charge on any atom is 0.0811 e. The number of hydrogen-bond acceptors (Lipinski definition) is 4. The number of allylic oxidation sites excluding steroid dienone is 3. The molecule has 3 N–H and O–H groups in total. The number of rotatable bonds is 8. The molecule has 3 rings (SSSR count). The van der Waals surface area contributed by atoms with Crippen molar-refractivity contribution in [3.63, 3.8) is 0 Å². The number of aliphatic hydroxyl groups is 3. The summed E-state index contributed by atoms with van der Waals surface area (Å²) in [6.07, 6.45) is 13.2. The highest BCUT2D eigenvalue weighted by Gasteiger charge is 2.50. The minimum Gasteiger partial charge on any atom is -0.393 e. The van der Waals surface area contributed by atoms with Crippen LogP contribution < -0.4 is 0 Å². The lowest BCUT2D eigenvalue weighted by atomic mass is 9.63. The highest BCUT2D eigenvalue weighted by Crippen LogP contribution is 2.59. The minimum absolute atomic E-state index is 0.351. The van der Waals surface area contributed by atoms with Gasteiger partial charge in [-0.3, -0.25) is 0 Å².